The molecule has 432 valence electrons. The van der Waals surface area contributed by atoms with E-state index in [1.807, 2.05) is 32.0 Å². The number of fused-ring (bicyclic) bond motifs is 10. The van der Waals surface area contributed by atoms with Crippen molar-refractivity contribution in [2.75, 3.05) is 55.8 Å². The van der Waals surface area contributed by atoms with E-state index in [4.69, 9.17) is 28.5 Å². The molecule has 8 saturated carbocycles. The molecule has 9 aliphatic rings. The number of Topliss-reactive ketones (excluding diaryl/α,β-unsaturated/α-hetero) is 1. The zero-order chi connectivity index (χ0) is 52.3. The summed E-state index contributed by atoms with van der Waals surface area (Å²) >= 11 is 0. The second-order valence-corrected chi connectivity index (χ2v) is 25.3. The van der Waals surface area contributed by atoms with Crippen molar-refractivity contribution in [2.24, 2.45) is 81.8 Å². The van der Waals surface area contributed by atoms with Crippen LogP contribution in [0.1, 0.15) is 181 Å². The Labute approximate surface area is 488 Å². The maximum Gasteiger partial charge on any atom is 2.00 e. The van der Waals surface area contributed by atoms with Crippen molar-refractivity contribution in [2.45, 2.75) is 182 Å². The van der Waals surface area contributed by atoms with Crippen LogP contribution in [0.25, 0.3) is 0 Å². The molecule has 0 spiro atoms. The van der Waals surface area contributed by atoms with E-state index in [1.54, 1.807) is 60.8 Å². The second-order valence-electron chi connectivity index (χ2n) is 25.3. The first-order valence-electron chi connectivity index (χ1n) is 28.6. The summed E-state index contributed by atoms with van der Waals surface area (Å²) < 4.78 is 25.7. The van der Waals surface area contributed by atoms with Gasteiger partial charge in [-0.1, -0.05) is 34.8 Å². The molecular weight excluding hydrogens is 1000 g/mol. The van der Waals surface area contributed by atoms with Crippen LogP contribution in [0.2, 0.25) is 0 Å². The van der Waals surface area contributed by atoms with Gasteiger partial charge >= 0.3 is 23.1 Å². The van der Waals surface area contributed by atoms with Gasteiger partial charge in [-0.05, 0) is 224 Å². The van der Waals surface area contributed by atoms with Crippen LogP contribution in [-0.2, 0) is 14.4 Å². The molecule has 2 aromatic rings. The van der Waals surface area contributed by atoms with Gasteiger partial charge in [-0.25, -0.2) is 5.06 Å². The molecule has 0 aromatic heterocycles. The van der Waals surface area contributed by atoms with Gasteiger partial charge in [-0.2, -0.15) is 6.07 Å². The summed E-state index contributed by atoms with van der Waals surface area (Å²) in [6.45, 7) is 10.9. The minimum absolute atomic E-state index is 0. The minimum atomic E-state index is -0.458. The number of methoxy groups -OCH3 is 4. The molecule has 1 aliphatic heterocycles. The van der Waals surface area contributed by atoms with Crippen molar-refractivity contribution in [1.29, 1.82) is 0 Å². The average Bonchev–Trinajstić information content (AvgIpc) is 4.18. The van der Waals surface area contributed by atoms with Crippen molar-refractivity contribution in [3.63, 3.8) is 0 Å². The van der Waals surface area contributed by atoms with Gasteiger partial charge in [-0.3, -0.25) is 14.4 Å². The maximum absolute atomic E-state index is 13.8. The molecule has 77 heavy (non-hydrogen) atoms. The fourth-order valence-corrected chi connectivity index (χ4v) is 17.6. The van der Waals surface area contributed by atoms with E-state index in [1.165, 1.54) is 88.5 Å². The van der Waals surface area contributed by atoms with E-state index in [9.17, 15) is 19.8 Å². The standard InChI is InChI=1S/C28H40O4.C22H37NO3.C8H9O2.C4H8O.2CH4.ClH.Mg/c1-27(30)11-9-21-17(16-27)5-6-23-22(21)10-12-28(2)24(23)7-8-25(28)26(29)18-13-19(31-3)15-20(14-18)32-4;1-21(25)11-9-15-14(13-21)5-6-17-16(15)10-12-22(2)18(17)7-8-19(22)20(24)23(3)26-4;1-9-7-4-3-5-8(6-7)10-2;1-2-4-5-3-1;;;;/h13-15,17,21-25,30H,5-12,16H2,1-4H3;14-19,25H,5-13H2,1-4H3;4-6H,1-2H3;1-4H2;2*1H4;1H;/q;;-1;;;;;+2/p-1/t17-,21+,22-,23-,24+,25-,27-,28+;14-,15+,16-,17-,18+,19-,21-,22+;;;;;;/m11....../s1. The summed E-state index contributed by atoms with van der Waals surface area (Å²) in [7, 11) is 9.84. The fourth-order valence-electron chi connectivity index (χ4n) is 17.6. The second kappa shape index (κ2) is 28.6. The molecule has 0 radical (unpaired) electrons. The van der Waals surface area contributed by atoms with Crippen LogP contribution < -0.4 is 31.4 Å². The molecule has 1 heterocycles. The van der Waals surface area contributed by atoms with E-state index in [2.05, 4.69) is 19.9 Å². The smallest absolute Gasteiger partial charge is 1.00 e. The van der Waals surface area contributed by atoms with Crippen LogP contribution in [0.3, 0.4) is 0 Å². The summed E-state index contributed by atoms with van der Waals surface area (Å²) in [6, 6.07) is 13.8. The third-order valence-electron chi connectivity index (χ3n) is 21.3. The van der Waals surface area contributed by atoms with Crippen molar-refractivity contribution < 1.29 is 60.7 Å². The van der Waals surface area contributed by atoms with Crippen molar-refractivity contribution in [3.8, 4) is 23.0 Å². The van der Waals surface area contributed by atoms with Crippen LogP contribution >= 0.6 is 0 Å². The number of carbonyl (C=O) groups is 2. The summed E-state index contributed by atoms with van der Waals surface area (Å²) in [5.74, 6) is 11.1. The van der Waals surface area contributed by atoms with Gasteiger partial charge in [0.15, 0.2) is 5.78 Å². The van der Waals surface area contributed by atoms with E-state index >= 15 is 0 Å². The maximum atomic E-state index is 13.8. The van der Waals surface area contributed by atoms with Crippen molar-refractivity contribution in [3.05, 3.63) is 48.0 Å². The Kier molecular flexibility index (Phi) is 24.9. The Hall–Kier alpha value is -2.32. The van der Waals surface area contributed by atoms with E-state index in [0.29, 0.717) is 29.3 Å². The van der Waals surface area contributed by atoms with Crippen molar-refractivity contribution >= 4 is 34.7 Å². The van der Waals surface area contributed by atoms with Gasteiger partial charge < -0.3 is 46.3 Å². The number of benzene rings is 2. The van der Waals surface area contributed by atoms with E-state index < -0.39 is 11.2 Å². The van der Waals surface area contributed by atoms with Crippen LogP contribution in [0.15, 0.2) is 36.4 Å². The molecular formula is C64H102ClMgNO10. The van der Waals surface area contributed by atoms with Crippen LogP contribution in [0, 0.1) is 87.9 Å². The zero-order valence-corrected chi connectivity index (χ0v) is 49.8. The molecule has 13 heteroatoms. The predicted molar refractivity (Wildman–Crippen MR) is 304 cm³/mol. The molecule has 16 atom stereocenters. The number of halogens is 1. The van der Waals surface area contributed by atoms with Crippen molar-refractivity contribution in [1.82, 2.24) is 5.06 Å². The molecule has 9 fully saturated rings. The summed E-state index contributed by atoms with van der Waals surface area (Å²) in [6.07, 6.45) is 23.3. The Bertz CT molecular complexity index is 2120. The summed E-state index contributed by atoms with van der Waals surface area (Å²) in [5.41, 5.74) is 0.0834. The van der Waals surface area contributed by atoms with Gasteiger partial charge in [0.1, 0.15) is 11.5 Å². The number of ketones is 1. The number of carbonyl (C=O) groups excluding carboxylic acids is 2. The molecule has 8 aliphatic carbocycles. The molecule has 1 amide bonds. The van der Waals surface area contributed by atoms with Crippen LogP contribution in [0.4, 0.5) is 0 Å². The SMILES string of the molecule is C.C.C1CCOC1.CON(C)C(=O)[C@H]1CC[C@H]2[C@@H]3CC[C@@H]4C[C@](C)(O)CC[C@@H]4[C@H]3CC[C@]12C.COc1c[c-]cc(OC)c1.COc1cc(OC)cc(C(=O)[C@H]2CC[C@H]3[C@@H]4CC[C@@H]5C[C@](C)(O)CC[C@@H]5[C@H]4CC[C@]23C)c1.[Cl-].[Mg+2]. The third-order valence-corrected chi connectivity index (χ3v) is 21.3. The van der Waals surface area contributed by atoms with Gasteiger partial charge in [0, 0.05) is 55.2 Å². The number of aliphatic hydroxyl groups is 2. The number of amides is 1. The Morgan fingerprint density at radius 3 is 1.39 bits per heavy atom. The van der Waals surface area contributed by atoms with E-state index in [-0.39, 0.29) is 84.7 Å². The number of rotatable bonds is 8. The molecule has 2 N–H and O–H groups in total. The first-order valence-corrected chi connectivity index (χ1v) is 28.6. The van der Waals surface area contributed by atoms with Gasteiger partial charge in [-0.15, -0.1) is 12.1 Å². The number of hydrogen-bond acceptors (Lipinski definition) is 10. The van der Waals surface area contributed by atoms with Gasteiger partial charge in [0.2, 0.25) is 5.91 Å². The number of hydrogen-bond donors (Lipinski definition) is 2. The molecule has 0 unspecified atom stereocenters. The van der Waals surface area contributed by atoms with E-state index in [0.717, 1.165) is 117 Å². The Morgan fingerprint density at radius 2 is 0.974 bits per heavy atom. The quantitative estimate of drug-likeness (QED) is 0.114. The molecule has 11 rings (SSSR count). The van der Waals surface area contributed by atoms with Gasteiger partial charge in [0.05, 0.1) is 46.8 Å². The molecule has 2 aromatic carbocycles. The fraction of sp³-hybridized carbons (Fsp3) is 0.781. The zero-order valence-electron chi connectivity index (χ0n) is 47.6. The van der Waals surface area contributed by atoms with Gasteiger partial charge in [0.25, 0.3) is 0 Å². The normalized spacial score (nSPS) is 37.7. The Morgan fingerprint density at radius 1 is 0.558 bits per heavy atom. The third kappa shape index (κ3) is 14.7. The number of ether oxygens (including phenoxy) is 5. The number of hydroxylamine groups is 2. The number of nitrogens with zero attached hydrogens (tertiary/aromatic N) is 1. The first-order chi connectivity index (χ1) is 34.9. The summed E-state index contributed by atoms with van der Waals surface area (Å²) in [5, 5.41) is 22.6. The monoisotopic (exact) mass is 1100 g/mol. The van der Waals surface area contributed by atoms with Crippen LogP contribution in [0.5, 0.6) is 23.0 Å². The molecule has 1 saturated heterocycles. The molecule has 11 nitrogen and oxygen atoms in total. The Balaban J connectivity index is 0.000000254. The minimum Gasteiger partial charge on any atom is -1.00 e. The summed E-state index contributed by atoms with van der Waals surface area (Å²) in [4.78, 5) is 31.8. The van der Waals surface area contributed by atoms with Crippen LogP contribution in [-0.4, -0.2) is 117 Å². The largest absolute Gasteiger partial charge is 2.00 e. The topological polar surface area (TPSA) is 133 Å². The predicted octanol–water partition coefficient (Wildman–Crippen LogP) is 10.1. The average molecular weight is 1110 g/mol. The molecule has 0 bridgehead atoms. The first kappa shape index (κ1) is 67.2.